The largest absolute Gasteiger partial charge is 0.311 e. The second kappa shape index (κ2) is 17.6. The van der Waals surface area contributed by atoms with Crippen LogP contribution in [0.2, 0.25) is 0 Å². The summed E-state index contributed by atoms with van der Waals surface area (Å²) in [6.45, 7) is 18.6. The van der Waals surface area contributed by atoms with Crippen molar-refractivity contribution in [2.24, 2.45) is 0 Å². The van der Waals surface area contributed by atoms with E-state index in [2.05, 4.69) is 110 Å². The van der Waals surface area contributed by atoms with Crippen molar-refractivity contribution in [1.29, 1.82) is 0 Å². The van der Waals surface area contributed by atoms with Gasteiger partial charge in [-0.25, -0.2) is 0 Å². The maximum Gasteiger partial charge on any atom is 0.264 e. The molecular formula is C68H62BN3S. The molecule has 0 aliphatic carbocycles. The molecule has 0 saturated carbocycles. The number of hydrogen-bond acceptors (Lipinski definition) is 4. The minimum atomic E-state index is -0.641. The third kappa shape index (κ3) is 8.15. The van der Waals surface area contributed by atoms with Gasteiger partial charge in [0.2, 0.25) is 0 Å². The molecule has 0 fully saturated rings. The van der Waals surface area contributed by atoms with Gasteiger partial charge in [0.15, 0.2) is 0 Å². The van der Waals surface area contributed by atoms with Gasteiger partial charge in [-0.3, -0.25) is 0 Å². The number of benzene rings is 9. The molecule has 0 N–H and O–H groups in total. The highest BCUT2D eigenvalue weighted by atomic mass is 32.1. The van der Waals surface area contributed by atoms with Gasteiger partial charge in [0.25, 0.3) is 6.71 Å². The first-order valence-electron chi connectivity index (χ1n) is 32.1. The van der Waals surface area contributed by atoms with Crippen molar-refractivity contribution >= 4 is 95.0 Å². The summed E-state index contributed by atoms with van der Waals surface area (Å²) in [5.41, 5.74) is 8.45. The van der Waals surface area contributed by atoms with E-state index in [-0.39, 0.29) is 38.6 Å². The summed E-state index contributed by atoms with van der Waals surface area (Å²) in [6.07, 6.45) is 0. The number of para-hydroxylation sites is 2. The summed E-state index contributed by atoms with van der Waals surface area (Å²) in [4.78, 5) is 5.75. The van der Waals surface area contributed by atoms with Crippen LogP contribution in [0.3, 0.4) is 0 Å². The van der Waals surface area contributed by atoms with Gasteiger partial charge in [0, 0.05) is 60.2 Å². The van der Waals surface area contributed by atoms with E-state index in [9.17, 15) is 11.0 Å². The highest BCUT2D eigenvalue weighted by Gasteiger charge is 2.46. The topological polar surface area (TPSA) is 9.72 Å². The number of hydrogen-bond donors (Lipinski definition) is 0. The summed E-state index contributed by atoms with van der Waals surface area (Å²) in [7, 11) is 0. The van der Waals surface area contributed by atoms with Crippen molar-refractivity contribution in [2.45, 2.75) is 78.6 Å². The van der Waals surface area contributed by atoms with E-state index in [1.54, 1.807) is 40.5 Å². The van der Waals surface area contributed by atoms with Gasteiger partial charge in [-0.1, -0.05) is 195 Å². The Morgan fingerprint density at radius 3 is 1.64 bits per heavy atom. The van der Waals surface area contributed by atoms with Crippen LogP contribution in [0.1, 0.15) is 99.6 Å². The van der Waals surface area contributed by atoms with E-state index < -0.39 is 97.3 Å². The Hall–Kier alpha value is -7.60. The van der Waals surface area contributed by atoms with Crippen LogP contribution in [0.25, 0.3) is 32.3 Å². The van der Waals surface area contributed by atoms with E-state index in [4.69, 9.17) is 9.60 Å². The second-order valence-corrected chi connectivity index (χ2v) is 23.1. The molecule has 10 aromatic rings. The third-order valence-electron chi connectivity index (χ3n) is 14.2. The van der Waals surface area contributed by atoms with Crippen LogP contribution in [0.15, 0.2) is 212 Å². The van der Waals surface area contributed by atoms with Crippen LogP contribution in [0.4, 0.5) is 51.2 Å². The quantitative estimate of drug-likeness (QED) is 0.147. The van der Waals surface area contributed by atoms with Gasteiger partial charge in [0.1, 0.15) is 0 Å². The van der Waals surface area contributed by atoms with Gasteiger partial charge in [-0.05, 0) is 139 Å². The van der Waals surface area contributed by atoms with Crippen molar-refractivity contribution < 1.29 is 20.6 Å². The molecule has 12 rings (SSSR count). The van der Waals surface area contributed by atoms with E-state index in [0.29, 0.717) is 50.6 Å². The Morgan fingerprint density at radius 2 is 1.01 bits per heavy atom. The predicted octanol–water partition coefficient (Wildman–Crippen LogP) is 17.7. The average molecular weight is 979 g/mol. The highest BCUT2D eigenvalue weighted by Crippen LogP contribution is 2.51. The first-order chi connectivity index (χ1) is 41.3. The fraction of sp³-hybridized carbons (Fsp3) is 0.176. The highest BCUT2D eigenvalue weighted by molar-refractivity contribution is 7.33. The van der Waals surface area contributed by atoms with E-state index in [1.807, 2.05) is 59.5 Å². The molecule has 2 aliphatic heterocycles. The van der Waals surface area contributed by atoms with Gasteiger partial charge in [-0.2, -0.15) is 0 Å². The summed E-state index contributed by atoms with van der Waals surface area (Å²) in [6, 6.07) is 31.5. The number of thiophene rings is 1. The molecule has 3 heterocycles. The van der Waals surface area contributed by atoms with E-state index >= 15 is 0 Å². The van der Waals surface area contributed by atoms with Crippen molar-refractivity contribution in [2.75, 3.05) is 14.7 Å². The Balaban J connectivity index is 1.26. The summed E-state index contributed by atoms with van der Waals surface area (Å²) < 4.78 is 139. The standard InChI is InChI=1S/C68H62BN3S/c1-66(2,3)48-29-34-52(35-30-48)70(58-28-20-19-27-55(58)46-23-15-11-16-24-46)54-38-39-57-59(44-54)71(51-25-17-12-18-26-51)60-41-47(45-21-13-10-14-22-45)42-61-63(60)69(57)65-64(56-43-50(68(7,8)9)33-40-62(56)73-65)72(61)53-36-31-49(32-37-53)67(4,5)6/h10-44H,1-9H3/i10D,11D,12D,13D,14D,15D,16D,17D,18D,21D,22D,23D,24D,25D,26D. The van der Waals surface area contributed by atoms with Crippen molar-refractivity contribution in [3.05, 3.63) is 229 Å². The molecule has 2 aliphatic rings. The fourth-order valence-corrected chi connectivity index (χ4v) is 11.7. The van der Waals surface area contributed by atoms with E-state index in [0.717, 1.165) is 42.9 Å². The Labute approximate surface area is 458 Å². The molecule has 0 bridgehead atoms. The van der Waals surface area contributed by atoms with Crippen LogP contribution < -0.4 is 30.4 Å². The number of nitrogens with zero attached hydrogens (tertiary/aromatic N) is 3. The van der Waals surface area contributed by atoms with Crippen LogP contribution in [-0.4, -0.2) is 6.71 Å². The lowest BCUT2D eigenvalue weighted by Gasteiger charge is -2.44. The molecule has 0 radical (unpaired) electrons. The molecule has 9 aromatic carbocycles. The van der Waals surface area contributed by atoms with Crippen molar-refractivity contribution in [3.8, 4) is 22.3 Å². The Bertz CT molecular complexity index is 4510. The molecule has 0 spiro atoms. The average Bonchev–Trinajstić information content (AvgIpc) is 1.19. The molecule has 3 nitrogen and oxygen atoms in total. The van der Waals surface area contributed by atoms with Crippen molar-refractivity contribution in [1.82, 2.24) is 0 Å². The normalized spacial score (nSPS) is 16.1. The van der Waals surface area contributed by atoms with Crippen LogP contribution in [0, 0.1) is 0 Å². The molecule has 73 heavy (non-hydrogen) atoms. The zero-order valence-corrected chi connectivity index (χ0v) is 43.2. The van der Waals surface area contributed by atoms with Crippen LogP contribution in [0.5, 0.6) is 0 Å². The Morgan fingerprint density at radius 1 is 0.466 bits per heavy atom. The maximum atomic E-state index is 9.84. The Kier molecular flexibility index (Phi) is 7.81. The fourth-order valence-electron chi connectivity index (χ4n) is 10.4. The first kappa shape index (κ1) is 32.5. The monoisotopic (exact) mass is 979 g/mol. The molecule has 0 unspecified atom stereocenters. The van der Waals surface area contributed by atoms with Crippen LogP contribution in [-0.2, 0) is 16.2 Å². The first-order valence-corrected chi connectivity index (χ1v) is 25.5. The molecule has 0 saturated heterocycles. The van der Waals surface area contributed by atoms with Crippen molar-refractivity contribution in [3.63, 3.8) is 0 Å². The molecule has 358 valence electrons. The molecule has 5 heteroatoms. The lowest BCUT2D eigenvalue weighted by molar-refractivity contribution is 0.590. The zero-order valence-electron chi connectivity index (χ0n) is 57.4. The smallest absolute Gasteiger partial charge is 0.264 e. The SMILES string of the molecule is [2H]c1c([2H])c([2H])c(-c2cc3c4c(c2)N(c2ccc(C(C)(C)C)cc2)c2c(sc5ccc(C(C)(C)C)cc25)B4c2ccc(N(c4ccc(C(C)(C)C)cc4)c4ccccc4-c4c([2H])c([2H])c([2H])c([2H])c4[2H])cc2N3c2c([2H])c([2H])c([2H])c([2H])c2[2H])c([2H])c1[2H]. The molecular weight excluding hydrogens is 902 g/mol. The lowest BCUT2D eigenvalue weighted by Crippen LogP contribution is -2.60. The zero-order chi connectivity index (χ0) is 63.4. The van der Waals surface area contributed by atoms with Gasteiger partial charge >= 0.3 is 0 Å². The minimum absolute atomic E-state index is 0.0232. The van der Waals surface area contributed by atoms with Gasteiger partial charge in [0.05, 0.1) is 31.9 Å². The maximum absolute atomic E-state index is 9.84. The van der Waals surface area contributed by atoms with Crippen LogP contribution >= 0.6 is 11.3 Å². The molecule has 0 amide bonds. The van der Waals surface area contributed by atoms with Gasteiger partial charge < -0.3 is 14.7 Å². The summed E-state index contributed by atoms with van der Waals surface area (Å²) in [5, 5.41) is 0.952. The third-order valence-corrected chi connectivity index (χ3v) is 15.4. The molecule has 1 aromatic heterocycles. The number of anilines is 9. The minimum Gasteiger partial charge on any atom is -0.311 e. The molecule has 0 atom stereocenters. The predicted molar refractivity (Wildman–Crippen MR) is 318 cm³/mol. The second-order valence-electron chi connectivity index (χ2n) is 22.0. The lowest BCUT2D eigenvalue weighted by atomic mass is 9.36. The summed E-state index contributed by atoms with van der Waals surface area (Å²) >= 11 is 1.62. The van der Waals surface area contributed by atoms with E-state index in [1.165, 1.54) is 0 Å². The summed E-state index contributed by atoms with van der Waals surface area (Å²) in [5.74, 6) is 0. The number of rotatable bonds is 7. The number of fused-ring (bicyclic) bond motifs is 6. The van der Waals surface area contributed by atoms with Gasteiger partial charge in [-0.15, -0.1) is 11.3 Å².